The van der Waals surface area contributed by atoms with Crippen LogP contribution in [0.4, 0.5) is 0 Å². The van der Waals surface area contributed by atoms with Crippen LogP contribution in [0.5, 0.6) is 0 Å². The van der Waals surface area contributed by atoms with Crippen LogP contribution in [-0.2, 0) is 25.5 Å². The summed E-state index contributed by atoms with van der Waals surface area (Å²) in [5.74, 6) is -1.40. The van der Waals surface area contributed by atoms with E-state index < -0.39 is 47.4 Å². The van der Waals surface area contributed by atoms with E-state index in [2.05, 4.69) is 27.2 Å². The quantitative estimate of drug-likeness (QED) is 0.272. The second kappa shape index (κ2) is 13.6. The number of aliphatic hydroxyl groups is 1. The molecule has 2 fully saturated rings. The molecule has 0 saturated carbocycles. The number of carbonyl (C=O) groups is 3. The number of amides is 3. The van der Waals surface area contributed by atoms with Crippen molar-refractivity contribution in [1.82, 2.24) is 20.5 Å². The zero-order chi connectivity index (χ0) is 29.7. The Bertz CT molecular complexity index is 1300. The standard InChI is InChI=1S/C29H36IN5O5S/c1-17-24(41-16-33-17)20-7-5-19(6-8-20)9-10-32-26(37)22-13-21(36)15-35(22)28(39)25(29(3,4)18(2)30)34-27(38)23-14-31-11-12-40-23/h5-8,10,16,21-23,25,31,36H,2,9,11-15H2,1,3-4H3,(H,34,38)/t21-,22+,23+,25-/m1/s1. The highest BCUT2D eigenvalue weighted by Crippen LogP contribution is 2.36. The van der Waals surface area contributed by atoms with Gasteiger partial charge in [-0.2, -0.15) is 0 Å². The van der Waals surface area contributed by atoms with Gasteiger partial charge in [-0.05, 0) is 44.2 Å². The highest BCUT2D eigenvalue weighted by molar-refractivity contribution is 14.1. The Morgan fingerprint density at radius 3 is 2.71 bits per heavy atom. The highest BCUT2D eigenvalue weighted by atomic mass is 127. The van der Waals surface area contributed by atoms with Gasteiger partial charge in [-0.25, -0.2) is 9.98 Å². The topological polar surface area (TPSA) is 133 Å². The van der Waals surface area contributed by atoms with Crippen LogP contribution in [0.15, 0.2) is 44.9 Å². The minimum Gasteiger partial charge on any atom is -0.391 e. The average Bonchev–Trinajstić information content (AvgIpc) is 3.57. The van der Waals surface area contributed by atoms with E-state index in [4.69, 9.17) is 4.74 Å². The molecule has 2 aliphatic heterocycles. The number of nitrogens with one attached hydrogen (secondary N) is 2. The Morgan fingerprint density at radius 2 is 2.10 bits per heavy atom. The van der Waals surface area contributed by atoms with Crippen LogP contribution < -0.4 is 10.6 Å². The Morgan fingerprint density at radius 1 is 1.37 bits per heavy atom. The molecule has 3 amide bonds. The van der Waals surface area contributed by atoms with Gasteiger partial charge in [0.2, 0.25) is 5.91 Å². The first-order chi connectivity index (χ1) is 19.5. The molecule has 1 aromatic heterocycles. The molecule has 220 valence electrons. The monoisotopic (exact) mass is 693 g/mol. The molecular weight excluding hydrogens is 657 g/mol. The Hall–Kier alpha value is -2.52. The van der Waals surface area contributed by atoms with Crippen LogP contribution in [0.3, 0.4) is 0 Å². The smallest absolute Gasteiger partial charge is 0.268 e. The molecule has 0 spiro atoms. The van der Waals surface area contributed by atoms with Crippen molar-refractivity contribution in [2.24, 2.45) is 10.4 Å². The van der Waals surface area contributed by atoms with Gasteiger partial charge in [-0.3, -0.25) is 14.4 Å². The number of hydrogen-bond donors (Lipinski definition) is 3. The number of nitrogens with zero attached hydrogens (tertiary/aromatic N) is 3. The third kappa shape index (κ3) is 7.47. The van der Waals surface area contributed by atoms with Crippen molar-refractivity contribution in [2.75, 3.05) is 26.2 Å². The molecule has 0 radical (unpaired) electrons. The van der Waals surface area contributed by atoms with Gasteiger partial charge in [0.1, 0.15) is 18.2 Å². The van der Waals surface area contributed by atoms with E-state index in [1.807, 2.05) is 73.1 Å². The molecule has 4 atom stereocenters. The predicted octanol–water partition coefficient (Wildman–Crippen LogP) is 2.67. The Kier molecular flexibility index (Phi) is 10.4. The van der Waals surface area contributed by atoms with Gasteiger partial charge in [0.05, 0.1) is 28.8 Å². The molecule has 12 heteroatoms. The van der Waals surface area contributed by atoms with E-state index in [0.29, 0.717) is 29.7 Å². The number of hydrogen-bond acceptors (Lipinski definition) is 8. The molecule has 41 heavy (non-hydrogen) atoms. The van der Waals surface area contributed by atoms with Gasteiger partial charge in [-0.1, -0.05) is 44.7 Å². The van der Waals surface area contributed by atoms with Crippen LogP contribution in [0.2, 0.25) is 0 Å². The number of thiazole rings is 1. The summed E-state index contributed by atoms with van der Waals surface area (Å²) in [6.45, 7) is 11.0. The zero-order valence-corrected chi connectivity index (χ0v) is 26.4. The van der Waals surface area contributed by atoms with Crippen LogP contribution >= 0.6 is 33.9 Å². The molecule has 4 rings (SSSR count). The van der Waals surface area contributed by atoms with Crippen molar-refractivity contribution in [2.45, 2.75) is 57.9 Å². The molecule has 0 unspecified atom stereocenters. The fraction of sp³-hybridized carbons (Fsp3) is 0.483. The normalized spacial score (nSPS) is 22.1. The van der Waals surface area contributed by atoms with Crippen molar-refractivity contribution in [3.05, 3.63) is 51.2 Å². The first-order valence-electron chi connectivity index (χ1n) is 13.5. The summed E-state index contributed by atoms with van der Waals surface area (Å²) in [6.07, 6.45) is 0.438. The lowest BCUT2D eigenvalue weighted by Gasteiger charge is -2.38. The molecule has 2 saturated heterocycles. The third-order valence-electron chi connectivity index (χ3n) is 7.53. The maximum absolute atomic E-state index is 13.9. The van der Waals surface area contributed by atoms with Crippen molar-refractivity contribution < 1.29 is 24.2 Å². The number of morpholine rings is 1. The summed E-state index contributed by atoms with van der Waals surface area (Å²) in [4.78, 5) is 51.0. The number of carbonyl (C=O) groups excluding carboxylic acids is 3. The number of benzene rings is 1. The molecule has 1 aromatic carbocycles. The predicted molar refractivity (Wildman–Crippen MR) is 167 cm³/mol. The van der Waals surface area contributed by atoms with Crippen LogP contribution in [0.1, 0.15) is 31.5 Å². The summed E-state index contributed by atoms with van der Waals surface area (Å²) >= 11 is 3.64. The van der Waals surface area contributed by atoms with E-state index in [-0.39, 0.29) is 13.0 Å². The lowest BCUT2D eigenvalue weighted by molar-refractivity contribution is -0.145. The largest absolute Gasteiger partial charge is 0.391 e. The first kappa shape index (κ1) is 31.4. The van der Waals surface area contributed by atoms with Crippen LogP contribution in [0.25, 0.3) is 10.4 Å². The van der Waals surface area contributed by atoms with Gasteiger partial charge < -0.3 is 25.4 Å². The Balaban J connectivity index is 1.45. The number of aryl methyl sites for hydroxylation is 1. The maximum Gasteiger partial charge on any atom is 0.268 e. The molecule has 2 aromatic rings. The number of β-amino-alcohol motifs (C(OH)–C–C–N with tert-alkyl or cyclic N) is 1. The first-order valence-corrected chi connectivity index (χ1v) is 15.5. The SMILES string of the molecule is C=C(I)C(C)(C)[C@H](NC(=O)[C@@H]1CNCCO1)C(=O)N1C[C@H](O)C[C@H]1C(=O)N=CCc1ccc(-c2scnc2C)cc1. The lowest BCUT2D eigenvalue weighted by Crippen LogP contribution is -2.60. The third-order valence-corrected chi connectivity index (χ3v) is 9.90. The minimum atomic E-state index is -1.02. The summed E-state index contributed by atoms with van der Waals surface area (Å²) in [5.41, 5.74) is 4.03. The lowest BCUT2D eigenvalue weighted by atomic mass is 9.83. The molecule has 3 N–H and O–H groups in total. The van der Waals surface area contributed by atoms with Crippen molar-refractivity contribution in [1.29, 1.82) is 0 Å². The summed E-state index contributed by atoms with van der Waals surface area (Å²) in [5, 5.41) is 16.4. The van der Waals surface area contributed by atoms with E-state index in [0.717, 1.165) is 21.7 Å². The van der Waals surface area contributed by atoms with Gasteiger partial charge in [0.25, 0.3) is 11.8 Å². The molecule has 10 nitrogen and oxygen atoms in total. The number of aromatic nitrogens is 1. The highest BCUT2D eigenvalue weighted by Gasteiger charge is 2.47. The van der Waals surface area contributed by atoms with Crippen molar-refractivity contribution in [3.8, 4) is 10.4 Å². The average molecular weight is 694 g/mol. The fourth-order valence-corrected chi connectivity index (χ4v) is 5.96. The van der Waals surface area contributed by atoms with Gasteiger partial charge in [-0.15, -0.1) is 11.3 Å². The van der Waals surface area contributed by atoms with Crippen LogP contribution in [-0.4, -0.2) is 89.5 Å². The summed E-state index contributed by atoms with van der Waals surface area (Å²) < 4.78 is 6.23. The summed E-state index contributed by atoms with van der Waals surface area (Å²) in [6, 6.07) is 6.05. The second-order valence-corrected chi connectivity index (χ2v) is 13.0. The molecule has 2 aliphatic rings. The van der Waals surface area contributed by atoms with Gasteiger partial charge in [0, 0.05) is 44.1 Å². The second-order valence-electron chi connectivity index (χ2n) is 10.8. The van der Waals surface area contributed by atoms with Gasteiger partial charge in [0.15, 0.2) is 0 Å². The van der Waals surface area contributed by atoms with E-state index >= 15 is 0 Å². The maximum atomic E-state index is 13.9. The van der Waals surface area contributed by atoms with Gasteiger partial charge >= 0.3 is 0 Å². The zero-order valence-electron chi connectivity index (χ0n) is 23.4. The fourth-order valence-electron chi connectivity index (χ4n) is 4.83. The molecule has 0 aliphatic carbocycles. The molecule has 3 heterocycles. The minimum absolute atomic E-state index is 0.0269. The number of aliphatic imine (C=N–C) groups is 1. The number of ether oxygens (including phenoxy) is 1. The molecule has 0 bridgehead atoms. The van der Waals surface area contributed by atoms with Crippen molar-refractivity contribution in [3.63, 3.8) is 0 Å². The number of halogens is 1. The van der Waals surface area contributed by atoms with E-state index in [1.165, 1.54) is 11.1 Å². The molecular formula is C29H36IN5O5S. The van der Waals surface area contributed by atoms with Crippen molar-refractivity contribution >= 4 is 57.9 Å². The number of aliphatic hydroxyl groups excluding tert-OH is 1. The Labute approximate surface area is 257 Å². The summed E-state index contributed by atoms with van der Waals surface area (Å²) in [7, 11) is 0. The number of likely N-dealkylation sites (tertiary alicyclic amines) is 1. The van der Waals surface area contributed by atoms with E-state index in [1.54, 1.807) is 11.3 Å². The van der Waals surface area contributed by atoms with E-state index in [9.17, 15) is 19.5 Å². The van der Waals surface area contributed by atoms with Crippen LogP contribution in [0, 0.1) is 12.3 Å². The number of rotatable bonds is 9.